The lowest BCUT2D eigenvalue weighted by Crippen LogP contribution is -2.43. The summed E-state index contributed by atoms with van der Waals surface area (Å²) in [5.74, 6) is 0.366. The van der Waals surface area contributed by atoms with E-state index in [1.165, 1.54) is 0 Å². The summed E-state index contributed by atoms with van der Waals surface area (Å²) < 4.78 is 16.1. The highest BCUT2D eigenvalue weighted by Crippen LogP contribution is 2.33. The first-order valence-electron chi connectivity index (χ1n) is 11.8. The maximum Gasteiger partial charge on any atom is 0.321 e. The van der Waals surface area contributed by atoms with E-state index in [2.05, 4.69) is 5.32 Å². The van der Waals surface area contributed by atoms with Crippen molar-refractivity contribution in [1.29, 1.82) is 0 Å². The lowest BCUT2D eigenvalue weighted by Gasteiger charge is -2.31. The second-order valence-electron chi connectivity index (χ2n) is 8.71. The van der Waals surface area contributed by atoms with Gasteiger partial charge in [-0.25, -0.2) is 4.79 Å². The van der Waals surface area contributed by atoms with Gasteiger partial charge in [-0.15, -0.1) is 0 Å². The zero-order valence-electron chi connectivity index (χ0n) is 20.1. The van der Waals surface area contributed by atoms with Crippen LogP contribution >= 0.6 is 0 Å². The maximum atomic E-state index is 12.7. The van der Waals surface area contributed by atoms with Gasteiger partial charge >= 0.3 is 12.0 Å². The van der Waals surface area contributed by atoms with Crippen LogP contribution in [0.2, 0.25) is 0 Å². The zero-order valence-corrected chi connectivity index (χ0v) is 20.1. The van der Waals surface area contributed by atoms with E-state index in [-0.39, 0.29) is 30.4 Å². The number of hydrogen-bond acceptors (Lipinski definition) is 6. The Morgan fingerprint density at radius 1 is 0.914 bits per heavy atom. The van der Waals surface area contributed by atoms with Gasteiger partial charge in [0, 0.05) is 31.9 Å². The number of amides is 3. The molecule has 3 amide bonds. The Bertz CT molecular complexity index is 1070. The fourth-order valence-electron chi connectivity index (χ4n) is 4.48. The van der Waals surface area contributed by atoms with Crippen LogP contribution in [0.15, 0.2) is 42.5 Å². The fraction of sp³-hybridized carbons (Fsp3) is 0.423. The number of carbonyl (C=O) groups excluding carboxylic acids is 3. The standard InChI is InChI=1S/C26H31N3O6/c1-33-22-14-19-10-13-29(16-20(19)15-23(22)34-2)24(30)17-35-25(31)18-8-11-28(12-9-18)26(32)27-21-6-4-3-5-7-21/h3-7,14-15,18H,8-13,16-17H2,1-2H3,(H,27,32). The maximum absolute atomic E-state index is 12.7. The first-order valence-corrected chi connectivity index (χ1v) is 11.8. The van der Waals surface area contributed by atoms with Crippen molar-refractivity contribution in [2.75, 3.05) is 45.8 Å². The van der Waals surface area contributed by atoms with E-state index >= 15 is 0 Å². The molecule has 186 valence electrons. The molecule has 0 saturated carbocycles. The molecule has 0 aliphatic carbocycles. The number of likely N-dealkylation sites (tertiary alicyclic amines) is 1. The number of methoxy groups -OCH3 is 2. The molecule has 2 aliphatic heterocycles. The molecule has 1 N–H and O–H groups in total. The molecule has 0 spiro atoms. The first kappa shape index (κ1) is 24.4. The number of nitrogens with zero attached hydrogens (tertiary/aromatic N) is 2. The fourth-order valence-corrected chi connectivity index (χ4v) is 4.48. The SMILES string of the molecule is COc1cc2c(cc1OC)CN(C(=O)COC(=O)C1CCN(C(=O)Nc3ccccc3)CC1)CC2. The molecule has 9 nitrogen and oxygen atoms in total. The van der Waals surface area contributed by atoms with Gasteiger partial charge in [0.05, 0.1) is 20.1 Å². The number of carbonyl (C=O) groups is 3. The number of piperidine rings is 1. The molecule has 1 saturated heterocycles. The second-order valence-corrected chi connectivity index (χ2v) is 8.71. The summed E-state index contributed by atoms with van der Waals surface area (Å²) in [6.45, 7) is 1.62. The zero-order chi connectivity index (χ0) is 24.8. The molecule has 0 unspecified atom stereocenters. The van der Waals surface area contributed by atoms with Crippen molar-refractivity contribution in [2.45, 2.75) is 25.8 Å². The molecule has 4 rings (SSSR count). The molecule has 2 aliphatic rings. The first-order chi connectivity index (χ1) is 17.0. The summed E-state index contributed by atoms with van der Waals surface area (Å²) in [6, 6.07) is 12.9. The average molecular weight is 482 g/mol. The van der Waals surface area contributed by atoms with Gasteiger partial charge in [-0.1, -0.05) is 18.2 Å². The van der Waals surface area contributed by atoms with E-state index in [4.69, 9.17) is 14.2 Å². The summed E-state index contributed by atoms with van der Waals surface area (Å²) in [4.78, 5) is 41.1. The van der Waals surface area contributed by atoms with Gasteiger partial charge in [-0.2, -0.15) is 0 Å². The number of benzene rings is 2. The molecular formula is C26H31N3O6. The van der Waals surface area contributed by atoms with Crippen molar-refractivity contribution in [1.82, 2.24) is 9.80 Å². The Hall–Kier alpha value is -3.75. The van der Waals surface area contributed by atoms with Crippen molar-refractivity contribution >= 4 is 23.6 Å². The van der Waals surface area contributed by atoms with Crippen LogP contribution in [-0.4, -0.2) is 68.2 Å². The third kappa shape index (κ3) is 5.85. The topological polar surface area (TPSA) is 97.4 Å². The molecule has 0 atom stereocenters. The lowest BCUT2D eigenvalue weighted by molar-refractivity contribution is -0.156. The number of para-hydroxylation sites is 1. The van der Waals surface area contributed by atoms with Gasteiger partial charge in [0.2, 0.25) is 0 Å². The number of anilines is 1. The normalized spacial score (nSPS) is 15.7. The van der Waals surface area contributed by atoms with Gasteiger partial charge in [0.25, 0.3) is 5.91 Å². The van der Waals surface area contributed by atoms with E-state index in [1.807, 2.05) is 42.5 Å². The van der Waals surface area contributed by atoms with Crippen LogP contribution in [0.4, 0.5) is 10.5 Å². The van der Waals surface area contributed by atoms with Gasteiger partial charge in [-0.05, 0) is 54.7 Å². The minimum Gasteiger partial charge on any atom is -0.493 e. The number of urea groups is 1. The van der Waals surface area contributed by atoms with Crippen LogP contribution in [0.25, 0.3) is 0 Å². The van der Waals surface area contributed by atoms with Crippen LogP contribution in [0.1, 0.15) is 24.0 Å². The number of fused-ring (bicyclic) bond motifs is 1. The third-order valence-electron chi connectivity index (χ3n) is 6.55. The van der Waals surface area contributed by atoms with E-state index in [9.17, 15) is 14.4 Å². The van der Waals surface area contributed by atoms with Crippen LogP contribution in [-0.2, 0) is 27.3 Å². The Kier molecular flexibility index (Phi) is 7.74. The molecule has 0 bridgehead atoms. The Labute approximate surface area is 204 Å². The highest BCUT2D eigenvalue weighted by Gasteiger charge is 2.30. The molecule has 2 heterocycles. The van der Waals surface area contributed by atoms with E-state index in [0.29, 0.717) is 56.9 Å². The molecule has 2 aromatic carbocycles. The van der Waals surface area contributed by atoms with Gasteiger partial charge in [-0.3, -0.25) is 9.59 Å². The smallest absolute Gasteiger partial charge is 0.321 e. The molecular weight excluding hydrogens is 450 g/mol. The summed E-state index contributed by atoms with van der Waals surface area (Å²) in [5, 5.41) is 2.86. The minimum atomic E-state index is -0.384. The highest BCUT2D eigenvalue weighted by molar-refractivity contribution is 5.89. The summed E-state index contributed by atoms with van der Waals surface area (Å²) in [7, 11) is 3.18. The number of rotatable bonds is 6. The van der Waals surface area contributed by atoms with Crippen LogP contribution in [0.3, 0.4) is 0 Å². The van der Waals surface area contributed by atoms with E-state index in [1.54, 1.807) is 24.0 Å². The van der Waals surface area contributed by atoms with Crippen molar-refractivity contribution < 1.29 is 28.6 Å². The van der Waals surface area contributed by atoms with Gasteiger partial charge in [0.15, 0.2) is 18.1 Å². The second kappa shape index (κ2) is 11.1. The van der Waals surface area contributed by atoms with Crippen molar-refractivity contribution in [2.24, 2.45) is 5.92 Å². The van der Waals surface area contributed by atoms with Crippen molar-refractivity contribution in [3.8, 4) is 11.5 Å². The summed E-state index contributed by atoms with van der Waals surface area (Å²) in [6.07, 6.45) is 1.71. The Balaban J connectivity index is 1.23. The summed E-state index contributed by atoms with van der Waals surface area (Å²) in [5.41, 5.74) is 2.84. The van der Waals surface area contributed by atoms with Gasteiger partial charge in [0.1, 0.15) is 0 Å². The highest BCUT2D eigenvalue weighted by atomic mass is 16.5. The molecule has 0 aromatic heterocycles. The van der Waals surface area contributed by atoms with Crippen molar-refractivity contribution in [3.05, 3.63) is 53.6 Å². The molecule has 0 radical (unpaired) electrons. The predicted molar refractivity (Wildman–Crippen MR) is 129 cm³/mol. The molecule has 2 aromatic rings. The summed E-state index contributed by atoms with van der Waals surface area (Å²) >= 11 is 0. The number of ether oxygens (including phenoxy) is 3. The van der Waals surface area contributed by atoms with Crippen LogP contribution < -0.4 is 14.8 Å². The number of nitrogens with one attached hydrogen (secondary N) is 1. The third-order valence-corrected chi connectivity index (χ3v) is 6.55. The van der Waals surface area contributed by atoms with E-state index < -0.39 is 0 Å². The Morgan fingerprint density at radius 2 is 1.57 bits per heavy atom. The lowest BCUT2D eigenvalue weighted by atomic mass is 9.97. The molecule has 1 fully saturated rings. The monoisotopic (exact) mass is 481 g/mol. The minimum absolute atomic E-state index is 0.183. The van der Waals surface area contributed by atoms with Crippen LogP contribution in [0, 0.1) is 5.92 Å². The van der Waals surface area contributed by atoms with E-state index in [0.717, 1.165) is 16.8 Å². The molecule has 35 heavy (non-hydrogen) atoms. The van der Waals surface area contributed by atoms with Crippen molar-refractivity contribution in [3.63, 3.8) is 0 Å². The number of esters is 1. The predicted octanol–water partition coefficient (Wildman–Crippen LogP) is 3.08. The largest absolute Gasteiger partial charge is 0.493 e. The van der Waals surface area contributed by atoms with Gasteiger partial charge < -0.3 is 29.3 Å². The number of hydrogen-bond donors (Lipinski definition) is 1. The average Bonchev–Trinajstić information content (AvgIpc) is 2.90. The van der Waals surface area contributed by atoms with Crippen LogP contribution in [0.5, 0.6) is 11.5 Å². The Morgan fingerprint density at radius 3 is 2.23 bits per heavy atom. The molecule has 9 heteroatoms. The quantitative estimate of drug-likeness (QED) is 0.637.